The third kappa shape index (κ3) is 1.80. The van der Waals surface area contributed by atoms with E-state index in [-0.39, 0.29) is 6.10 Å². The second-order valence-corrected chi connectivity index (χ2v) is 3.66. The fraction of sp³-hybridized carbons (Fsp3) is 0.500. The van der Waals surface area contributed by atoms with Gasteiger partial charge in [-0.15, -0.1) is 0 Å². The minimum Gasteiger partial charge on any atom is -0.391 e. The van der Waals surface area contributed by atoms with Gasteiger partial charge in [0.05, 0.1) is 11.8 Å². The van der Waals surface area contributed by atoms with E-state index in [1.807, 2.05) is 6.07 Å². The lowest BCUT2D eigenvalue weighted by molar-refractivity contribution is 0.111. The van der Waals surface area contributed by atoms with E-state index in [0.717, 1.165) is 31.5 Å². The predicted octanol–water partition coefficient (Wildman–Crippen LogP) is 0.788. The zero-order valence-electron chi connectivity index (χ0n) is 7.94. The van der Waals surface area contributed by atoms with Gasteiger partial charge >= 0.3 is 0 Å². The number of nitrogens with one attached hydrogen (secondary N) is 1. The van der Waals surface area contributed by atoms with Crippen LogP contribution < -0.4 is 4.90 Å². The number of rotatable bonds is 2. The maximum Gasteiger partial charge on any atom is 0.166 e. The topological polar surface area (TPSA) is 56.3 Å². The first kappa shape index (κ1) is 9.27. The van der Waals surface area contributed by atoms with Crippen molar-refractivity contribution in [3.8, 4) is 0 Å². The van der Waals surface area contributed by atoms with Gasteiger partial charge in [-0.2, -0.15) is 0 Å². The number of aromatic nitrogens is 1. The molecule has 1 fully saturated rings. The molecule has 1 aromatic rings. The highest BCUT2D eigenvalue weighted by Gasteiger charge is 2.18. The number of aliphatic hydroxyl groups is 1. The van der Waals surface area contributed by atoms with Crippen molar-refractivity contribution in [1.29, 1.82) is 0 Å². The molecule has 2 rings (SSSR count). The largest absolute Gasteiger partial charge is 0.391 e. The molecule has 0 aromatic carbocycles. The number of nitrogens with zero attached hydrogens (tertiary/aromatic N) is 1. The van der Waals surface area contributed by atoms with Gasteiger partial charge in [-0.3, -0.25) is 4.79 Å². The van der Waals surface area contributed by atoms with E-state index in [9.17, 15) is 9.90 Å². The van der Waals surface area contributed by atoms with Gasteiger partial charge in [-0.05, 0) is 25.0 Å². The molecule has 0 bridgehead atoms. The van der Waals surface area contributed by atoms with Crippen LogP contribution in [-0.4, -0.2) is 35.6 Å². The molecule has 4 heteroatoms. The molecule has 0 aliphatic carbocycles. The Hall–Kier alpha value is -1.29. The van der Waals surface area contributed by atoms with E-state index in [4.69, 9.17) is 0 Å². The number of β-amino-alcohol motifs (C(OH)–C–C–N with tert-alkyl or cyclic N) is 1. The number of aldehydes is 1. The van der Waals surface area contributed by atoms with Crippen molar-refractivity contribution in [2.24, 2.45) is 0 Å². The molecule has 1 aliphatic rings. The lowest BCUT2D eigenvalue weighted by atomic mass is 10.1. The third-order valence-corrected chi connectivity index (χ3v) is 2.56. The average Bonchev–Trinajstić information content (AvgIpc) is 2.66. The summed E-state index contributed by atoms with van der Waals surface area (Å²) in [5, 5.41) is 9.48. The normalized spacial score (nSPS) is 22.4. The molecule has 4 nitrogen and oxygen atoms in total. The fourth-order valence-electron chi connectivity index (χ4n) is 1.83. The van der Waals surface area contributed by atoms with Crippen LogP contribution in [0, 0.1) is 0 Å². The number of hydrogen-bond donors (Lipinski definition) is 2. The summed E-state index contributed by atoms with van der Waals surface area (Å²) in [5.74, 6) is 0.922. The number of carbonyl (C=O) groups excluding carboxylic acids is 1. The molecule has 2 N–H and O–H groups in total. The summed E-state index contributed by atoms with van der Waals surface area (Å²) in [7, 11) is 0. The smallest absolute Gasteiger partial charge is 0.166 e. The van der Waals surface area contributed by atoms with Gasteiger partial charge in [0, 0.05) is 13.1 Å². The van der Waals surface area contributed by atoms with Crippen molar-refractivity contribution in [3.63, 3.8) is 0 Å². The van der Waals surface area contributed by atoms with Crippen molar-refractivity contribution in [3.05, 3.63) is 17.8 Å². The van der Waals surface area contributed by atoms with Crippen LogP contribution >= 0.6 is 0 Å². The van der Waals surface area contributed by atoms with Crippen LogP contribution in [0.15, 0.2) is 12.1 Å². The van der Waals surface area contributed by atoms with Gasteiger partial charge in [0.1, 0.15) is 5.82 Å². The Kier molecular flexibility index (Phi) is 2.54. The lowest BCUT2D eigenvalue weighted by Gasteiger charge is -2.30. The first-order valence-corrected chi connectivity index (χ1v) is 4.87. The van der Waals surface area contributed by atoms with Gasteiger partial charge in [0.25, 0.3) is 0 Å². The molecule has 2 heterocycles. The Morgan fingerprint density at radius 3 is 3.07 bits per heavy atom. The Morgan fingerprint density at radius 2 is 2.43 bits per heavy atom. The first-order valence-electron chi connectivity index (χ1n) is 4.87. The molecule has 0 saturated carbocycles. The Morgan fingerprint density at radius 1 is 1.57 bits per heavy atom. The van der Waals surface area contributed by atoms with Crippen molar-refractivity contribution in [2.75, 3.05) is 18.0 Å². The average molecular weight is 194 g/mol. The SMILES string of the molecule is O=Cc1ccc(N2CCCC(O)C2)[nH]1. The van der Waals surface area contributed by atoms with Crippen molar-refractivity contribution in [1.82, 2.24) is 4.98 Å². The van der Waals surface area contributed by atoms with Gasteiger partial charge in [0.15, 0.2) is 6.29 Å². The lowest BCUT2D eigenvalue weighted by Crippen LogP contribution is -2.38. The summed E-state index contributed by atoms with van der Waals surface area (Å²) in [6, 6.07) is 3.63. The van der Waals surface area contributed by atoms with Crippen LogP contribution in [-0.2, 0) is 0 Å². The molecule has 14 heavy (non-hydrogen) atoms. The summed E-state index contributed by atoms with van der Waals surface area (Å²) in [4.78, 5) is 15.5. The highest BCUT2D eigenvalue weighted by Crippen LogP contribution is 2.18. The number of anilines is 1. The van der Waals surface area contributed by atoms with Gasteiger partial charge in [-0.1, -0.05) is 0 Å². The van der Waals surface area contributed by atoms with Crippen molar-refractivity contribution < 1.29 is 9.90 Å². The second kappa shape index (κ2) is 3.84. The van der Waals surface area contributed by atoms with E-state index in [2.05, 4.69) is 9.88 Å². The van der Waals surface area contributed by atoms with Crippen LogP contribution in [0.2, 0.25) is 0 Å². The Labute approximate surface area is 82.5 Å². The fourth-order valence-corrected chi connectivity index (χ4v) is 1.83. The van der Waals surface area contributed by atoms with Gasteiger partial charge in [-0.25, -0.2) is 0 Å². The van der Waals surface area contributed by atoms with Crippen LogP contribution in [0.1, 0.15) is 23.3 Å². The molecular weight excluding hydrogens is 180 g/mol. The quantitative estimate of drug-likeness (QED) is 0.684. The second-order valence-electron chi connectivity index (χ2n) is 3.66. The van der Waals surface area contributed by atoms with Crippen LogP contribution in [0.4, 0.5) is 5.82 Å². The maximum atomic E-state index is 10.5. The molecule has 1 aliphatic heterocycles. The zero-order valence-corrected chi connectivity index (χ0v) is 7.94. The molecule has 0 amide bonds. The van der Waals surface area contributed by atoms with Gasteiger partial charge < -0.3 is 15.0 Å². The number of aliphatic hydroxyl groups excluding tert-OH is 1. The summed E-state index contributed by atoms with van der Waals surface area (Å²) in [5.41, 5.74) is 0.583. The molecule has 1 atom stereocenters. The summed E-state index contributed by atoms with van der Waals surface area (Å²) in [6.45, 7) is 1.59. The predicted molar refractivity (Wildman–Crippen MR) is 53.6 cm³/mol. The highest BCUT2D eigenvalue weighted by molar-refractivity contribution is 5.73. The third-order valence-electron chi connectivity index (χ3n) is 2.56. The number of hydrogen-bond acceptors (Lipinski definition) is 3. The van der Waals surface area contributed by atoms with E-state index in [1.165, 1.54) is 0 Å². The standard InChI is InChI=1S/C10H14N2O2/c13-7-8-3-4-10(11-8)12-5-1-2-9(14)6-12/h3-4,7,9,11,14H,1-2,5-6H2. The molecule has 0 radical (unpaired) electrons. The van der Waals surface area contributed by atoms with E-state index in [0.29, 0.717) is 12.2 Å². The Balaban J connectivity index is 2.09. The van der Waals surface area contributed by atoms with Crippen LogP contribution in [0.25, 0.3) is 0 Å². The molecule has 76 valence electrons. The maximum absolute atomic E-state index is 10.5. The molecule has 1 unspecified atom stereocenters. The highest BCUT2D eigenvalue weighted by atomic mass is 16.3. The van der Waals surface area contributed by atoms with Crippen molar-refractivity contribution in [2.45, 2.75) is 18.9 Å². The number of carbonyl (C=O) groups is 1. The zero-order chi connectivity index (χ0) is 9.97. The Bertz CT molecular complexity index is 322. The number of aromatic amines is 1. The monoisotopic (exact) mass is 194 g/mol. The molecular formula is C10H14N2O2. The minimum atomic E-state index is -0.244. The summed E-state index contributed by atoms with van der Waals surface area (Å²) >= 11 is 0. The number of H-pyrrole nitrogens is 1. The molecule has 1 aromatic heterocycles. The molecule has 1 saturated heterocycles. The van der Waals surface area contributed by atoms with E-state index in [1.54, 1.807) is 6.07 Å². The van der Waals surface area contributed by atoms with Crippen molar-refractivity contribution >= 4 is 12.1 Å². The van der Waals surface area contributed by atoms with Crippen LogP contribution in [0.5, 0.6) is 0 Å². The molecule has 0 spiro atoms. The van der Waals surface area contributed by atoms with E-state index >= 15 is 0 Å². The summed E-state index contributed by atoms with van der Waals surface area (Å²) in [6.07, 6.45) is 2.42. The first-order chi connectivity index (χ1) is 6.79. The summed E-state index contributed by atoms with van der Waals surface area (Å²) < 4.78 is 0. The van der Waals surface area contributed by atoms with Crippen LogP contribution in [0.3, 0.4) is 0 Å². The van der Waals surface area contributed by atoms with Gasteiger partial charge in [0.2, 0.25) is 0 Å². The number of piperidine rings is 1. The van der Waals surface area contributed by atoms with E-state index < -0.39 is 0 Å². The minimum absolute atomic E-state index is 0.244.